The number of hydrogen-bond donors (Lipinski definition) is 1. The van der Waals surface area contributed by atoms with Crippen molar-refractivity contribution in [3.63, 3.8) is 0 Å². The summed E-state index contributed by atoms with van der Waals surface area (Å²) in [6, 6.07) is 8.06. The molecule has 1 aliphatic heterocycles. The van der Waals surface area contributed by atoms with Gasteiger partial charge in [-0.15, -0.1) is 10.2 Å². The highest BCUT2D eigenvalue weighted by Crippen LogP contribution is 2.25. The summed E-state index contributed by atoms with van der Waals surface area (Å²) in [5.74, 6) is 1.01. The van der Waals surface area contributed by atoms with E-state index in [4.69, 9.17) is 16.6 Å². The van der Waals surface area contributed by atoms with Crippen molar-refractivity contribution in [1.29, 1.82) is 0 Å². The second-order valence-electron chi connectivity index (χ2n) is 6.57. The van der Waals surface area contributed by atoms with Gasteiger partial charge in [-0.05, 0) is 31.9 Å². The molecule has 8 heteroatoms. The molecule has 1 N–H and O–H groups in total. The van der Waals surface area contributed by atoms with Gasteiger partial charge in [-0.3, -0.25) is 4.99 Å². The number of aliphatic imine (C=N–C) groups is 1. The number of halogens is 1. The fourth-order valence-electron chi connectivity index (χ4n) is 3.22. The number of para-hydroxylation sites is 1. The molecule has 2 heterocycles. The zero-order valence-electron chi connectivity index (χ0n) is 15.9. The van der Waals surface area contributed by atoms with Crippen molar-refractivity contribution in [2.45, 2.75) is 26.3 Å². The highest BCUT2D eigenvalue weighted by molar-refractivity contribution is 6.33. The van der Waals surface area contributed by atoms with Crippen molar-refractivity contribution >= 4 is 23.2 Å². The summed E-state index contributed by atoms with van der Waals surface area (Å²) < 4.78 is 2.00. The Kier molecular flexibility index (Phi) is 7.33. The van der Waals surface area contributed by atoms with Crippen LogP contribution >= 0.6 is 11.6 Å². The summed E-state index contributed by atoms with van der Waals surface area (Å²) in [6.45, 7) is 8.54. The maximum absolute atomic E-state index is 6.34. The minimum absolute atomic E-state index is 0.819. The summed E-state index contributed by atoms with van der Waals surface area (Å²) >= 11 is 6.34. The van der Waals surface area contributed by atoms with Gasteiger partial charge in [0.25, 0.3) is 0 Å². The number of benzene rings is 1. The van der Waals surface area contributed by atoms with Gasteiger partial charge in [0.1, 0.15) is 12.7 Å². The van der Waals surface area contributed by atoms with Crippen LogP contribution in [0.1, 0.15) is 19.8 Å². The molecule has 146 valence electrons. The Hall–Kier alpha value is -2.28. The molecule has 27 heavy (non-hydrogen) atoms. The molecule has 0 radical (unpaired) electrons. The first-order valence-electron chi connectivity index (χ1n) is 9.63. The van der Waals surface area contributed by atoms with Gasteiger partial charge < -0.3 is 19.7 Å². The SMILES string of the molecule is CCNC(=NCCCCn1cnnc1)N1CCN(c2ccccc2Cl)CC1. The summed E-state index contributed by atoms with van der Waals surface area (Å²) in [6.07, 6.45) is 5.63. The Balaban J connectivity index is 1.47. The molecule has 1 fully saturated rings. The number of unbranched alkanes of at least 4 members (excludes halogenated alkanes) is 1. The van der Waals surface area contributed by atoms with E-state index in [0.29, 0.717) is 0 Å². The molecule has 7 nitrogen and oxygen atoms in total. The second kappa shape index (κ2) is 10.2. The number of anilines is 1. The van der Waals surface area contributed by atoms with Crippen LogP contribution < -0.4 is 10.2 Å². The Morgan fingerprint density at radius 1 is 1.11 bits per heavy atom. The van der Waals surface area contributed by atoms with Gasteiger partial charge in [0.2, 0.25) is 0 Å². The van der Waals surface area contributed by atoms with E-state index < -0.39 is 0 Å². The van der Waals surface area contributed by atoms with E-state index >= 15 is 0 Å². The molecule has 0 atom stereocenters. The molecule has 0 spiro atoms. The Bertz CT molecular complexity index is 709. The molecule has 1 saturated heterocycles. The molecule has 0 amide bonds. The van der Waals surface area contributed by atoms with E-state index in [1.807, 2.05) is 22.8 Å². The third kappa shape index (κ3) is 5.60. The van der Waals surface area contributed by atoms with Crippen LogP contribution in [0.25, 0.3) is 0 Å². The van der Waals surface area contributed by atoms with Crippen LogP contribution in [0.2, 0.25) is 5.02 Å². The molecule has 0 saturated carbocycles. The van der Waals surface area contributed by atoms with Gasteiger partial charge in [0.15, 0.2) is 5.96 Å². The maximum Gasteiger partial charge on any atom is 0.194 e. The highest BCUT2D eigenvalue weighted by atomic mass is 35.5. The van der Waals surface area contributed by atoms with E-state index in [2.05, 4.69) is 38.3 Å². The zero-order valence-corrected chi connectivity index (χ0v) is 16.6. The summed E-state index contributed by atoms with van der Waals surface area (Å²) in [5, 5.41) is 11.9. The predicted octanol–water partition coefficient (Wildman–Crippen LogP) is 2.50. The molecule has 2 aromatic rings. The smallest absolute Gasteiger partial charge is 0.194 e. The standard InChI is InChI=1S/C19H28ClN7/c1-2-21-19(22-9-5-6-10-25-15-23-24-16-25)27-13-11-26(12-14-27)18-8-4-3-7-17(18)20/h3-4,7-8,15-16H,2,5-6,9-14H2,1H3,(H,21,22). The second-order valence-corrected chi connectivity index (χ2v) is 6.98. The highest BCUT2D eigenvalue weighted by Gasteiger charge is 2.20. The van der Waals surface area contributed by atoms with Crippen LogP contribution in [0.3, 0.4) is 0 Å². The fraction of sp³-hybridized carbons (Fsp3) is 0.526. The predicted molar refractivity (Wildman–Crippen MR) is 110 cm³/mol. The summed E-state index contributed by atoms with van der Waals surface area (Å²) in [7, 11) is 0. The van der Waals surface area contributed by atoms with Crippen LogP contribution in [-0.4, -0.2) is 64.9 Å². The van der Waals surface area contributed by atoms with Crippen molar-refractivity contribution in [3.05, 3.63) is 41.9 Å². The third-order valence-corrected chi connectivity index (χ3v) is 4.98. The Morgan fingerprint density at radius 2 is 1.85 bits per heavy atom. The number of aromatic nitrogens is 3. The molecule has 0 bridgehead atoms. The van der Waals surface area contributed by atoms with Crippen molar-refractivity contribution in [1.82, 2.24) is 25.0 Å². The number of rotatable bonds is 7. The lowest BCUT2D eigenvalue weighted by Crippen LogP contribution is -2.52. The van der Waals surface area contributed by atoms with Crippen LogP contribution in [0.15, 0.2) is 41.9 Å². The third-order valence-electron chi connectivity index (χ3n) is 4.66. The summed E-state index contributed by atoms with van der Waals surface area (Å²) in [4.78, 5) is 9.51. The first kappa shape index (κ1) is 19.5. The average Bonchev–Trinajstić information content (AvgIpc) is 3.21. The van der Waals surface area contributed by atoms with Crippen molar-refractivity contribution < 1.29 is 0 Å². The largest absolute Gasteiger partial charge is 0.367 e. The number of guanidine groups is 1. The molecule has 0 unspecified atom stereocenters. The van der Waals surface area contributed by atoms with E-state index in [9.17, 15) is 0 Å². The molecule has 1 aliphatic rings. The fourth-order valence-corrected chi connectivity index (χ4v) is 3.48. The number of hydrogen-bond acceptors (Lipinski definition) is 4. The van der Waals surface area contributed by atoms with E-state index in [1.165, 1.54) is 0 Å². The quantitative estimate of drug-likeness (QED) is 0.448. The molecule has 1 aromatic carbocycles. The van der Waals surface area contributed by atoms with Crippen molar-refractivity contribution in [2.75, 3.05) is 44.2 Å². The first-order valence-corrected chi connectivity index (χ1v) is 10.0. The van der Waals surface area contributed by atoms with Gasteiger partial charge in [-0.1, -0.05) is 23.7 Å². The Labute approximate surface area is 166 Å². The first-order chi connectivity index (χ1) is 13.3. The lowest BCUT2D eigenvalue weighted by molar-refractivity contribution is 0.372. The number of nitrogens with one attached hydrogen (secondary N) is 1. The van der Waals surface area contributed by atoms with Crippen molar-refractivity contribution in [3.8, 4) is 0 Å². The van der Waals surface area contributed by atoms with Crippen molar-refractivity contribution in [2.24, 2.45) is 4.99 Å². The van der Waals surface area contributed by atoms with Crippen LogP contribution in [-0.2, 0) is 6.54 Å². The molecule has 1 aromatic heterocycles. The summed E-state index contributed by atoms with van der Waals surface area (Å²) in [5.41, 5.74) is 1.12. The van der Waals surface area contributed by atoms with E-state index in [0.717, 1.165) is 75.3 Å². The van der Waals surface area contributed by atoms with Gasteiger partial charge in [0, 0.05) is 45.8 Å². The minimum atomic E-state index is 0.819. The molecule has 0 aliphatic carbocycles. The topological polar surface area (TPSA) is 61.6 Å². The van der Waals surface area contributed by atoms with Gasteiger partial charge >= 0.3 is 0 Å². The average molecular weight is 390 g/mol. The number of nitrogens with zero attached hydrogens (tertiary/aromatic N) is 6. The monoisotopic (exact) mass is 389 g/mol. The Morgan fingerprint density at radius 3 is 2.56 bits per heavy atom. The lowest BCUT2D eigenvalue weighted by Gasteiger charge is -2.38. The zero-order chi connectivity index (χ0) is 18.9. The van der Waals surface area contributed by atoms with E-state index in [1.54, 1.807) is 12.7 Å². The van der Waals surface area contributed by atoms with Gasteiger partial charge in [-0.2, -0.15) is 0 Å². The maximum atomic E-state index is 6.34. The minimum Gasteiger partial charge on any atom is -0.367 e. The van der Waals surface area contributed by atoms with Gasteiger partial charge in [0.05, 0.1) is 10.7 Å². The molecular weight excluding hydrogens is 362 g/mol. The van der Waals surface area contributed by atoms with Crippen LogP contribution in [0, 0.1) is 0 Å². The van der Waals surface area contributed by atoms with E-state index in [-0.39, 0.29) is 0 Å². The molecular formula is C19H28ClN7. The normalized spacial score (nSPS) is 15.3. The number of piperazine rings is 1. The number of aryl methyl sites for hydroxylation is 1. The van der Waals surface area contributed by atoms with Crippen LogP contribution in [0.4, 0.5) is 5.69 Å². The van der Waals surface area contributed by atoms with Crippen LogP contribution in [0.5, 0.6) is 0 Å². The lowest BCUT2D eigenvalue weighted by atomic mass is 10.2. The molecule has 3 rings (SSSR count). The van der Waals surface area contributed by atoms with Gasteiger partial charge in [-0.25, -0.2) is 0 Å².